The Kier molecular flexibility index (Phi) is 7.83. The predicted octanol–water partition coefficient (Wildman–Crippen LogP) is 3.09. The highest BCUT2D eigenvalue weighted by Crippen LogP contribution is 2.39. The zero-order valence-corrected chi connectivity index (χ0v) is 18.0. The molecule has 0 saturated carbocycles. The van der Waals surface area contributed by atoms with Gasteiger partial charge < -0.3 is 19.3 Å². The van der Waals surface area contributed by atoms with Gasteiger partial charge in [-0.3, -0.25) is 15.1 Å². The van der Waals surface area contributed by atoms with E-state index in [9.17, 15) is 24.5 Å². The Balaban J connectivity index is 2.95. The fourth-order valence-corrected chi connectivity index (χ4v) is 3.12. The van der Waals surface area contributed by atoms with Crippen LogP contribution in [0.4, 0.5) is 5.69 Å². The fourth-order valence-electron chi connectivity index (χ4n) is 3.12. The number of carboxylic acids is 1. The van der Waals surface area contributed by atoms with E-state index in [2.05, 4.69) is 4.98 Å². The van der Waals surface area contributed by atoms with E-state index in [-0.39, 0.29) is 58.3 Å². The quantitative estimate of drug-likeness (QED) is 0.345. The Hall–Kier alpha value is -4.02. The number of carbonyl (C=O) groups is 3. The molecule has 0 aliphatic heterocycles. The molecule has 1 aromatic carbocycles. The molecule has 1 N–H and O–H groups in total. The molecule has 0 aliphatic rings. The number of non-ortho nitro benzene ring substituents is 1. The molecular weight excluding hydrogens is 424 g/mol. The number of benzene rings is 1. The van der Waals surface area contributed by atoms with Crippen LogP contribution >= 0.6 is 0 Å². The van der Waals surface area contributed by atoms with Crippen molar-refractivity contribution < 1.29 is 38.6 Å². The molecule has 0 fully saturated rings. The number of rotatable bonds is 9. The minimum Gasteiger partial charge on any atom is -0.481 e. The van der Waals surface area contributed by atoms with Crippen LogP contribution in [0.25, 0.3) is 11.1 Å². The molecule has 11 heteroatoms. The summed E-state index contributed by atoms with van der Waals surface area (Å²) < 4.78 is 15.5. The number of aromatic nitrogens is 1. The average Bonchev–Trinajstić information content (AvgIpc) is 2.71. The van der Waals surface area contributed by atoms with E-state index in [0.29, 0.717) is 0 Å². The third kappa shape index (κ3) is 5.17. The number of carboxylic acid groups (broad SMARTS) is 1. The molecule has 1 aromatic heterocycles. The maximum Gasteiger partial charge on any atom is 0.341 e. The summed E-state index contributed by atoms with van der Waals surface area (Å²) in [5.41, 5.74) is 0.105. The van der Waals surface area contributed by atoms with E-state index in [4.69, 9.17) is 19.3 Å². The largest absolute Gasteiger partial charge is 0.481 e. The van der Waals surface area contributed by atoms with Crippen LogP contribution in [-0.4, -0.2) is 52.7 Å². The average molecular weight is 446 g/mol. The van der Waals surface area contributed by atoms with Crippen molar-refractivity contribution in [1.82, 2.24) is 4.98 Å². The number of ether oxygens (including phenoxy) is 3. The molecule has 0 spiro atoms. The van der Waals surface area contributed by atoms with Crippen LogP contribution < -0.4 is 4.74 Å². The highest BCUT2D eigenvalue weighted by atomic mass is 16.6. The molecule has 0 aliphatic carbocycles. The summed E-state index contributed by atoms with van der Waals surface area (Å²) in [4.78, 5) is 51.5. The summed E-state index contributed by atoms with van der Waals surface area (Å²) in [6.07, 6.45) is 0. The van der Waals surface area contributed by atoms with E-state index in [1.165, 1.54) is 6.07 Å². The van der Waals surface area contributed by atoms with E-state index >= 15 is 0 Å². The van der Waals surface area contributed by atoms with Crippen molar-refractivity contribution in [1.29, 1.82) is 0 Å². The maximum atomic E-state index is 12.8. The van der Waals surface area contributed by atoms with Crippen LogP contribution in [0.15, 0.2) is 18.2 Å². The lowest BCUT2D eigenvalue weighted by Gasteiger charge is -2.19. The number of hydrogen-bond donors (Lipinski definition) is 1. The number of nitro groups is 1. The van der Waals surface area contributed by atoms with E-state index in [1.54, 1.807) is 27.7 Å². The Bertz CT molecular complexity index is 1040. The van der Waals surface area contributed by atoms with Crippen LogP contribution in [0.3, 0.4) is 0 Å². The monoisotopic (exact) mass is 446 g/mol. The fraction of sp³-hybridized carbons (Fsp3) is 0.333. The van der Waals surface area contributed by atoms with Gasteiger partial charge in [-0.2, -0.15) is 0 Å². The van der Waals surface area contributed by atoms with Crippen LogP contribution in [0.2, 0.25) is 0 Å². The number of pyridine rings is 1. The molecule has 0 amide bonds. The number of aliphatic carboxylic acids is 1. The number of esters is 2. The summed E-state index contributed by atoms with van der Waals surface area (Å²) in [6, 6.07) is 3.44. The van der Waals surface area contributed by atoms with Crippen LogP contribution in [0.1, 0.15) is 46.0 Å². The van der Waals surface area contributed by atoms with Crippen molar-refractivity contribution in [2.24, 2.45) is 0 Å². The number of nitrogens with zero attached hydrogens (tertiary/aromatic N) is 2. The van der Waals surface area contributed by atoms with Crippen molar-refractivity contribution in [3.63, 3.8) is 0 Å². The molecular formula is C21H22N2O9. The van der Waals surface area contributed by atoms with Gasteiger partial charge in [-0.15, -0.1) is 0 Å². The third-order valence-corrected chi connectivity index (χ3v) is 4.31. The van der Waals surface area contributed by atoms with Crippen molar-refractivity contribution >= 4 is 23.6 Å². The third-order valence-electron chi connectivity index (χ3n) is 4.31. The lowest BCUT2D eigenvalue weighted by molar-refractivity contribution is -0.384. The summed E-state index contributed by atoms with van der Waals surface area (Å²) >= 11 is 0. The standard InChI is InChI=1S/C21H22N2O9/c1-5-30-20(26)17-11(3)22-12(4)18(21(27)31-6-2)19(17)14-8-7-13(23(28)29)9-15(14)32-10-16(24)25/h7-9H,5-6,10H2,1-4H3,(H,24,25). The number of aryl methyl sites for hydroxylation is 2. The lowest BCUT2D eigenvalue weighted by atomic mass is 9.91. The van der Waals surface area contributed by atoms with Gasteiger partial charge in [0.1, 0.15) is 5.75 Å². The second-order valence-electron chi connectivity index (χ2n) is 6.47. The molecule has 0 bridgehead atoms. The molecule has 0 radical (unpaired) electrons. The molecule has 2 aromatic rings. The minimum absolute atomic E-state index is 0.0298. The van der Waals surface area contributed by atoms with Crippen LogP contribution in [-0.2, 0) is 14.3 Å². The smallest absolute Gasteiger partial charge is 0.341 e. The predicted molar refractivity (Wildman–Crippen MR) is 111 cm³/mol. The first-order valence-corrected chi connectivity index (χ1v) is 9.61. The highest BCUT2D eigenvalue weighted by molar-refractivity contribution is 6.08. The highest BCUT2D eigenvalue weighted by Gasteiger charge is 2.30. The first-order chi connectivity index (χ1) is 15.1. The van der Waals surface area contributed by atoms with E-state index < -0.39 is 29.4 Å². The first-order valence-electron chi connectivity index (χ1n) is 9.61. The number of hydrogen-bond acceptors (Lipinski definition) is 9. The summed E-state index contributed by atoms with van der Waals surface area (Å²) in [5, 5.41) is 20.3. The Labute approximate surface area is 183 Å². The molecule has 170 valence electrons. The van der Waals surface area contributed by atoms with E-state index in [0.717, 1.165) is 12.1 Å². The molecule has 0 unspecified atom stereocenters. The Morgan fingerprint density at radius 3 is 2.00 bits per heavy atom. The maximum absolute atomic E-state index is 12.8. The summed E-state index contributed by atoms with van der Waals surface area (Å²) in [7, 11) is 0. The van der Waals surface area contributed by atoms with Gasteiger partial charge in [0, 0.05) is 17.2 Å². The van der Waals surface area contributed by atoms with E-state index in [1.807, 2.05) is 0 Å². The minimum atomic E-state index is -1.32. The second-order valence-corrected chi connectivity index (χ2v) is 6.47. The second kappa shape index (κ2) is 10.3. The number of carbonyl (C=O) groups excluding carboxylic acids is 2. The summed E-state index contributed by atoms with van der Waals surface area (Å²) in [6.45, 7) is 5.58. The molecule has 2 rings (SSSR count). The van der Waals surface area contributed by atoms with Gasteiger partial charge in [-0.05, 0) is 33.8 Å². The molecule has 1 heterocycles. The normalized spacial score (nSPS) is 10.4. The van der Waals surface area contributed by atoms with Crippen molar-refractivity contribution in [2.45, 2.75) is 27.7 Å². The van der Waals surface area contributed by atoms with Gasteiger partial charge in [0.15, 0.2) is 6.61 Å². The van der Waals surface area contributed by atoms with Gasteiger partial charge in [-0.1, -0.05) is 0 Å². The van der Waals surface area contributed by atoms with Crippen LogP contribution in [0, 0.1) is 24.0 Å². The SMILES string of the molecule is CCOC(=O)c1c(C)nc(C)c(C(=O)OCC)c1-c1ccc([N+](=O)[O-])cc1OCC(=O)O. The first kappa shape index (κ1) is 24.3. The zero-order valence-electron chi connectivity index (χ0n) is 18.0. The zero-order chi connectivity index (χ0) is 24.0. The summed E-state index contributed by atoms with van der Waals surface area (Å²) in [5.74, 6) is -3.08. The Morgan fingerprint density at radius 1 is 1.03 bits per heavy atom. The molecule has 0 atom stereocenters. The molecule has 32 heavy (non-hydrogen) atoms. The van der Waals surface area contributed by atoms with Crippen molar-refractivity contribution in [3.05, 3.63) is 50.8 Å². The number of nitro benzene ring substituents is 1. The molecule has 0 saturated heterocycles. The Morgan fingerprint density at radius 2 is 1.56 bits per heavy atom. The van der Waals surface area contributed by atoms with Gasteiger partial charge in [-0.25, -0.2) is 14.4 Å². The van der Waals surface area contributed by atoms with Crippen molar-refractivity contribution in [3.8, 4) is 16.9 Å². The lowest BCUT2D eigenvalue weighted by Crippen LogP contribution is -2.18. The van der Waals surface area contributed by atoms with Gasteiger partial charge in [0.2, 0.25) is 0 Å². The van der Waals surface area contributed by atoms with Crippen LogP contribution in [0.5, 0.6) is 5.75 Å². The van der Waals surface area contributed by atoms with Crippen molar-refractivity contribution in [2.75, 3.05) is 19.8 Å². The van der Waals surface area contributed by atoms with Gasteiger partial charge in [0.25, 0.3) is 5.69 Å². The van der Waals surface area contributed by atoms with Gasteiger partial charge in [0.05, 0.1) is 46.7 Å². The molecule has 11 nitrogen and oxygen atoms in total. The van der Waals surface area contributed by atoms with Gasteiger partial charge >= 0.3 is 17.9 Å². The topological polar surface area (TPSA) is 155 Å².